The zero-order chi connectivity index (χ0) is 26.2. The first-order valence-corrected chi connectivity index (χ1v) is 12.6. The molecule has 3 aromatic rings. The van der Waals surface area contributed by atoms with Gasteiger partial charge in [-0.05, 0) is 73.9 Å². The summed E-state index contributed by atoms with van der Waals surface area (Å²) in [4.78, 5) is 27.6. The third-order valence-corrected chi connectivity index (χ3v) is 5.86. The van der Waals surface area contributed by atoms with Crippen molar-refractivity contribution in [2.45, 2.75) is 20.3 Å². The van der Waals surface area contributed by atoms with Gasteiger partial charge in [0.05, 0.1) is 18.9 Å². The number of benzene rings is 3. The first kappa shape index (κ1) is 26.1. The lowest BCUT2D eigenvalue weighted by molar-refractivity contribution is -0.123. The van der Waals surface area contributed by atoms with Crippen LogP contribution in [0.25, 0.3) is 6.08 Å². The lowest BCUT2D eigenvalue weighted by Gasteiger charge is -2.30. The van der Waals surface area contributed by atoms with Gasteiger partial charge >= 0.3 is 0 Å². The fraction of sp³-hybridized carbons (Fsp3) is 0.241. The highest BCUT2D eigenvalue weighted by molar-refractivity contribution is 6.30. The summed E-state index contributed by atoms with van der Waals surface area (Å²) >= 11 is 6.08. The van der Waals surface area contributed by atoms with Crippen LogP contribution in [0.4, 0.5) is 5.69 Å². The Kier molecular flexibility index (Phi) is 8.69. The van der Waals surface area contributed by atoms with Gasteiger partial charge in [0, 0.05) is 11.6 Å². The van der Waals surface area contributed by atoms with E-state index in [1.165, 1.54) is 4.90 Å². The van der Waals surface area contributed by atoms with Gasteiger partial charge in [-0.1, -0.05) is 41.9 Å². The Bertz CT molecular complexity index is 1310. The molecule has 0 unspecified atom stereocenters. The molecule has 2 amide bonds. The number of carbonyl (C=O) groups excluding carboxylic acids is 2. The Morgan fingerprint density at radius 1 is 1.00 bits per heavy atom. The van der Waals surface area contributed by atoms with Gasteiger partial charge in [0.15, 0.2) is 23.0 Å². The van der Waals surface area contributed by atoms with Crippen LogP contribution in [0.2, 0.25) is 5.02 Å². The standard InChI is InChI=1S/C29H29ClN2O5/c1-3-35-25-13-12-20(17-26(25)36-4-2)14-15-31-28(33)19-32-23-10-5-6-11-24(23)37-27(29(32)34)18-21-8-7-9-22(30)16-21/h5-13,16-18H,3-4,14-15,19H2,1-2H3,(H,31,33)/b27-18+. The molecule has 4 rings (SSSR count). The molecule has 3 aromatic carbocycles. The van der Waals surface area contributed by atoms with Crippen LogP contribution in [0.15, 0.2) is 72.5 Å². The number of nitrogens with zero attached hydrogens (tertiary/aromatic N) is 1. The molecule has 0 aromatic heterocycles. The number of halogens is 1. The van der Waals surface area contributed by atoms with Crippen LogP contribution in [-0.2, 0) is 16.0 Å². The Morgan fingerprint density at radius 3 is 2.57 bits per heavy atom. The second kappa shape index (κ2) is 12.3. The summed E-state index contributed by atoms with van der Waals surface area (Å²) in [5, 5.41) is 3.46. The molecule has 1 N–H and O–H groups in total. The van der Waals surface area contributed by atoms with E-state index in [4.69, 9.17) is 25.8 Å². The molecular formula is C29H29ClN2O5. The number of para-hydroxylation sites is 2. The van der Waals surface area contributed by atoms with Crippen molar-refractivity contribution in [2.75, 3.05) is 31.2 Å². The Hall–Kier alpha value is -3.97. The molecule has 0 radical (unpaired) electrons. The Balaban J connectivity index is 1.43. The van der Waals surface area contributed by atoms with Crippen LogP contribution >= 0.6 is 11.6 Å². The number of anilines is 1. The van der Waals surface area contributed by atoms with Gasteiger partial charge in [0.1, 0.15) is 6.54 Å². The van der Waals surface area contributed by atoms with Gasteiger partial charge in [0.25, 0.3) is 5.91 Å². The SMILES string of the molecule is CCOc1ccc(CCNC(=O)CN2C(=O)/C(=C\c3cccc(Cl)c3)Oc3ccccc32)cc1OCC. The van der Waals surface area contributed by atoms with Crippen molar-refractivity contribution in [1.82, 2.24) is 5.32 Å². The zero-order valence-electron chi connectivity index (χ0n) is 20.8. The van der Waals surface area contributed by atoms with Gasteiger partial charge < -0.3 is 19.5 Å². The number of carbonyl (C=O) groups is 2. The molecule has 0 atom stereocenters. The number of hydrogen-bond acceptors (Lipinski definition) is 5. The van der Waals surface area contributed by atoms with Crippen molar-refractivity contribution in [3.05, 3.63) is 88.6 Å². The molecule has 37 heavy (non-hydrogen) atoms. The minimum absolute atomic E-state index is 0.117. The average Bonchev–Trinajstić information content (AvgIpc) is 2.88. The van der Waals surface area contributed by atoms with Crippen LogP contribution in [0.1, 0.15) is 25.0 Å². The summed E-state index contributed by atoms with van der Waals surface area (Å²) in [5.41, 5.74) is 2.27. The van der Waals surface area contributed by atoms with E-state index in [0.717, 1.165) is 11.1 Å². The molecular weight excluding hydrogens is 492 g/mol. The van der Waals surface area contributed by atoms with Gasteiger partial charge in [-0.3, -0.25) is 14.5 Å². The second-order valence-electron chi connectivity index (χ2n) is 8.27. The third-order valence-electron chi connectivity index (χ3n) is 5.62. The summed E-state index contributed by atoms with van der Waals surface area (Å²) < 4.78 is 17.2. The number of fused-ring (bicyclic) bond motifs is 1. The average molecular weight is 521 g/mol. The first-order valence-electron chi connectivity index (χ1n) is 12.2. The summed E-state index contributed by atoms with van der Waals surface area (Å²) in [6.45, 7) is 5.19. The largest absolute Gasteiger partial charge is 0.490 e. The third kappa shape index (κ3) is 6.62. The molecule has 0 saturated carbocycles. The van der Waals surface area contributed by atoms with Crippen LogP contribution < -0.4 is 24.4 Å². The predicted octanol–water partition coefficient (Wildman–Crippen LogP) is 5.26. The highest BCUT2D eigenvalue weighted by atomic mass is 35.5. The van der Waals surface area contributed by atoms with E-state index in [1.807, 2.05) is 44.2 Å². The minimum Gasteiger partial charge on any atom is -0.490 e. The number of amides is 2. The normalized spacial score (nSPS) is 13.6. The molecule has 192 valence electrons. The Morgan fingerprint density at radius 2 is 1.78 bits per heavy atom. The van der Waals surface area contributed by atoms with E-state index in [-0.39, 0.29) is 18.2 Å². The summed E-state index contributed by atoms with van der Waals surface area (Å²) in [6.07, 6.45) is 2.22. The highest BCUT2D eigenvalue weighted by Crippen LogP contribution is 2.35. The van der Waals surface area contributed by atoms with E-state index in [9.17, 15) is 9.59 Å². The summed E-state index contributed by atoms with van der Waals surface area (Å²) in [5.74, 6) is 1.32. The van der Waals surface area contributed by atoms with Crippen LogP contribution in [-0.4, -0.2) is 38.1 Å². The molecule has 1 aliphatic rings. The lowest BCUT2D eigenvalue weighted by Crippen LogP contribution is -2.44. The molecule has 0 spiro atoms. The molecule has 8 heteroatoms. The van der Waals surface area contributed by atoms with Gasteiger partial charge in [-0.25, -0.2) is 0 Å². The van der Waals surface area contributed by atoms with Crippen molar-refractivity contribution in [2.24, 2.45) is 0 Å². The van der Waals surface area contributed by atoms with E-state index in [2.05, 4.69) is 5.32 Å². The van der Waals surface area contributed by atoms with Gasteiger partial charge in [-0.2, -0.15) is 0 Å². The number of hydrogen-bond donors (Lipinski definition) is 1. The second-order valence-corrected chi connectivity index (χ2v) is 8.71. The van der Waals surface area contributed by atoms with Gasteiger partial charge in [0.2, 0.25) is 5.91 Å². The topological polar surface area (TPSA) is 77.1 Å². The zero-order valence-corrected chi connectivity index (χ0v) is 21.6. The molecule has 0 aliphatic carbocycles. The first-order chi connectivity index (χ1) is 18.0. The van der Waals surface area contributed by atoms with E-state index in [1.54, 1.807) is 42.5 Å². The monoisotopic (exact) mass is 520 g/mol. The summed E-state index contributed by atoms with van der Waals surface area (Å²) in [7, 11) is 0. The highest BCUT2D eigenvalue weighted by Gasteiger charge is 2.31. The van der Waals surface area contributed by atoms with E-state index >= 15 is 0 Å². The van der Waals surface area contributed by atoms with Crippen molar-refractivity contribution in [3.8, 4) is 17.2 Å². The lowest BCUT2D eigenvalue weighted by atomic mass is 10.1. The number of ether oxygens (including phenoxy) is 3. The number of nitrogens with one attached hydrogen (secondary N) is 1. The van der Waals surface area contributed by atoms with Crippen molar-refractivity contribution >= 4 is 35.2 Å². The van der Waals surface area contributed by atoms with E-state index in [0.29, 0.717) is 54.1 Å². The molecule has 7 nitrogen and oxygen atoms in total. The fourth-order valence-corrected chi connectivity index (χ4v) is 4.16. The molecule has 0 saturated heterocycles. The van der Waals surface area contributed by atoms with Crippen LogP contribution in [0.5, 0.6) is 17.2 Å². The fourth-order valence-electron chi connectivity index (χ4n) is 3.96. The molecule has 1 heterocycles. The predicted molar refractivity (Wildman–Crippen MR) is 144 cm³/mol. The van der Waals surface area contributed by atoms with Crippen molar-refractivity contribution < 1.29 is 23.8 Å². The maximum absolute atomic E-state index is 13.3. The molecule has 0 bridgehead atoms. The molecule has 0 fully saturated rings. The Labute approximate surface area is 221 Å². The van der Waals surface area contributed by atoms with Crippen molar-refractivity contribution in [1.29, 1.82) is 0 Å². The maximum Gasteiger partial charge on any atom is 0.294 e. The van der Waals surface area contributed by atoms with Crippen LogP contribution in [0, 0.1) is 0 Å². The quantitative estimate of drug-likeness (QED) is 0.369. The van der Waals surface area contributed by atoms with E-state index < -0.39 is 5.91 Å². The van der Waals surface area contributed by atoms with Gasteiger partial charge in [-0.15, -0.1) is 0 Å². The summed E-state index contributed by atoms with van der Waals surface area (Å²) in [6, 6.07) is 20.0. The van der Waals surface area contributed by atoms with Crippen LogP contribution in [0.3, 0.4) is 0 Å². The maximum atomic E-state index is 13.3. The molecule has 1 aliphatic heterocycles. The minimum atomic E-state index is -0.401. The smallest absolute Gasteiger partial charge is 0.294 e. The number of rotatable bonds is 10. The van der Waals surface area contributed by atoms with Crippen molar-refractivity contribution in [3.63, 3.8) is 0 Å².